The summed E-state index contributed by atoms with van der Waals surface area (Å²) in [4.78, 5) is 1.73. The standard InChI is InChI=1S/C13H14O2S2/c1-9-6-4-5-7-12(9)17(14,15)13-10(2)8-16-11(13)3/h4-8H,1-3H3. The Labute approximate surface area is 106 Å². The van der Waals surface area contributed by atoms with E-state index in [1.54, 1.807) is 12.1 Å². The van der Waals surface area contributed by atoms with E-state index >= 15 is 0 Å². The molecule has 0 aliphatic carbocycles. The van der Waals surface area contributed by atoms with E-state index in [0.29, 0.717) is 9.79 Å². The largest absolute Gasteiger partial charge is 0.218 e. The molecule has 2 nitrogen and oxygen atoms in total. The second-order valence-corrected chi connectivity index (χ2v) is 7.01. The molecule has 0 saturated heterocycles. The van der Waals surface area contributed by atoms with Gasteiger partial charge in [-0.3, -0.25) is 0 Å². The van der Waals surface area contributed by atoms with Gasteiger partial charge in [-0.15, -0.1) is 11.3 Å². The van der Waals surface area contributed by atoms with Gasteiger partial charge in [0.1, 0.15) is 0 Å². The third kappa shape index (κ3) is 2.03. The van der Waals surface area contributed by atoms with Crippen molar-refractivity contribution in [2.75, 3.05) is 0 Å². The lowest BCUT2D eigenvalue weighted by Gasteiger charge is -2.08. The summed E-state index contributed by atoms with van der Waals surface area (Å²) < 4.78 is 25.1. The molecular weight excluding hydrogens is 252 g/mol. The highest BCUT2D eigenvalue weighted by Crippen LogP contribution is 2.32. The summed E-state index contributed by atoms with van der Waals surface area (Å²) in [7, 11) is -3.38. The number of hydrogen-bond donors (Lipinski definition) is 0. The third-order valence-electron chi connectivity index (χ3n) is 2.74. The number of thiophene rings is 1. The molecule has 4 heteroatoms. The highest BCUT2D eigenvalue weighted by molar-refractivity contribution is 7.91. The summed E-state index contributed by atoms with van der Waals surface area (Å²) in [6.07, 6.45) is 0. The average molecular weight is 266 g/mol. The van der Waals surface area contributed by atoms with Gasteiger partial charge in [-0.2, -0.15) is 0 Å². The van der Waals surface area contributed by atoms with Crippen LogP contribution in [0.15, 0.2) is 39.4 Å². The maximum absolute atomic E-state index is 12.6. The molecule has 0 saturated carbocycles. The molecule has 0 fully saturated rings. The second-order valence-electron chi connectivity index (χ2n) is 4.07. The fourth-order valence-electron chi connectivity index (χ4n) is 1.93. The van der Waals surface area contributed by atoms with E-state index in [-0.39, 0.29) is 0 Å². The maximum atomic E-state index is 12.6. The van der Waals surface area contributed by atoms with Crippen molar-refractivity contribution < 1.29 is 8.42 Å². The average Bonchev–Trinajstić information content (AvgIpc) is 2.59. The van der Waals surface area contributed by atoms with E-state index in [1.165, 1.54) is 11.3 Å². The fraction of sp³-hybridized carbons (Fsp3) is 0.231. The van der Waals surface area contributed by atoms with E-state index < -0.39 is 9.84 Å². The van der Waals surface area contributed by atoms with Crippen molar-refractivity contribution in [2.24, 2.45) is 0 Å². The van der Waals surface area contributed by atoms with Gasteiger partial charge in [-0.05, 0) is 43.3 Å². The number of aryl methyl sites for hydroxylation is 3. The molecule has 1 aromatic carbocycles. The minimum absolute atomic E-state index is 0.407. The number of hydrogen-bond acceptors (Lipinski definition) is 3. The molecular formula is C13H14O2S2. The Kier molecular flexibility index (Phi) is 3.10. The van der Waals surface area contributed by atoms with Gasteiger partial charge in [0.2, 0.25) is 9.84 Å². The van der Waals surface area contributed by atoms with Crippen molar-refractivity contribution in [1.29, 1.82) is 0 Å². The first-order valence-electron chi connectivity index (χ1n) is 5.30. The molecule has 0 N–H and O–H groups in total. The first kappa shape index (κ1) is 12.3. The molecule has 0 bridgehead atoms. The maximum Gasteiger partial charge on any atom is 0.208 e. The first-order chi connectivity index (χ1) is 7.94. The lowest BCUT2D eigenvalue weighted by Crippen LogP contribution is -2.05. The van der Waals surface area contributed by atoms with Crippen LogP contribution in [0, 0.1) is 20.8 Å². The summed E-state index contributed by atoms with van der Waals surface area (Å²) in [6.45, 7) is 5.52. The molecule has 2 rings (SSSR count). The van der Waals surface area contributed by atoms with Gasteiger partial charge >= 0.3 is 0 Å². The highest BCUT2D eigenvalue weighted by atomic mass is 32.2. The van der Waals surface area contributed by atoms with Crippen LogP contribution in [0.2, 0.25) is 0 Å². The van der Waals surface area contributed by atoms with Crippen LogP contribution in [0.25, 0.3) is 0 Å². The van der Waals surface area contributed by atoms with Crippen LogP contribution in [0.5, 0.6) is 0 Å². The van der Waals surface area contributed by atoms with Crippen LogP contribution in [-0.2, 0) is 9.84 Å². The predicted octanol–water partition coefficient (Wildman–Crippen LogP) is 3.51. The molecule has 0 atom stereocenters. The molecule has 1 heterocycles. The van der Waals surface area contributed by atoms with Crippen LogP contribution in [-0.4, -0.2) is 8.42 Å². The van der Waals surface area contributed by atoms with Crippen molar-refractivity contribution in [3.05, 3.63) is 45.6 Å². The van der Waals surface area contributed by atoms with Crippen molar-refractivity contribution >= 4 is 21.2 Å². The predicted molar refractivity (Wildman–Crippen MR) is 70.4 cm³/mol. The number of benzene rings is 1. The van der Waals surface area contributed by atoms with Gasteiger partial charge in [0.15, 0.2) is 0 Å². The van der Waals surface area contributed by atoms with Gasteiger partial charge < -0.3 is 0 Å². The zero-order chi connectivity index (χ0) is 12.6. The Hall–Kier alpha value is -1.13. The van der Waals surface area contributed by atoms with Crippen molar-refractivity contribution in [2.45, 2.75) is 30.6 Å². The molecule has 1 aromatic heterocycles. The molecule has 0 aliphatic heterocycles. The lowest BCUT2D eigenvalue weighted by atomic mass is 10.2. The normalized spacial score (nSPS) is 11.7. The van der Waals surface area contributed by atoms with Crippen LogP contribution in [0.1, 0.15) is 16.0 Å². The van der Waals surface area contributed by atoms with E-state index in [4.69, 9.17) is 0 Å². The van der Waals surface area contributed by atoms with Crippen LogP contribution >= 0.6 is 11.3 Å². The van der Waals surface area contributed by atoms with Crippen LogP contribution < -0.4 is 0 Å². The molecule has 0 amide bonds. The quantitative estimate of drug-likeness (QED) is 0.833. The van der Waals surface area contributed by atoms with Crippen LogP contribution in [0.3, 0.4) is 0 Å². The zero-order valence-corrected chi connectivity index (χ0v) is 11.7. The van der Waals surface area contributed by atoms with Gasteiger partial charge in [0.05, 0.1) is 9.79 Å². The Bertz CT molecular complexity index is 632. The van der Waals surface area contributed by atoms with Crippen LogP contribution in [0.4, 0.5) is 0 Å². The van der Waals surface area contributed by atoms with Crippen molar-refractivity contribution in [3.63, 3.8) is 0 Å². The Morgan fingerprint density at radius 3 is 2.18 bits per heavy atom. The molecule has 0 radical (unpaired) electrons. The van der Waals surface area contributed by atoms with Gasteiger partial charge in [-0.25, -0.2) is 8.42 Å². The summed E-state index contributed by atoms with van der Waals surface area (Å²) in [6, 6.07) is 7.10. The SMILES string of the molecule is Cc1ccccc1S(=O)(=O)c1c(C)csc1C. The molecule has 90 valence electrons. The monoisotopic (exact) mass is 266 g/mol. The minimum Gasteiger partial charge on any atom is -0.218 e. The third-order valence-corrected chi connectivity index (χ3v) is 6.10. The molecule has 0 unspecified atom stereocenters. The topological polar surface area (TPSA) is 34.1 Å². The van der Waals surface area contributed by atoms with Gasteiger partial charge in [0, 0.05) is 4.88 Å². The Morgan fingerprint density at radius 2 is 1.65 bits per heavy atom. The number of rotatable bonds is 2. The van der Waals surface area contributed by atoms with E-state index in [9.17, 15) is 8.42 Å². The summed E-state index contributed by atoms with van der Waals surface area (Å²) in [5.74, 6) is 0. The Morgan fingerprint density at radius 1 is 1.00 bits per heavy atom. The second kappa shape index (κ2) is 4.27. The summed E-state index contributed by atoms with van der Waals surface area (Å²) >= 11 is 1.48. The van der Waals surface area contributed by atoms with E-state index in [2.05, 4.69) is 0 Å². The summed E-state index contributed by atoms with van der Waals surface area (Å²) in [5, 5.41) is 1.89. The van der Waals surface area contributed by atoms with E-state index in [0.717, 1.165) is 16.0 Å². The Balaban J connectivity index is 2.71. The zero-order valence-electron chi connectivity index (χ0n) is 10.0. The first-order valence-corrected chi connectivity index (χ1v) is 7.66. The minimum atomic E-state index is -3.38. The van der Waals surface area contributed by atoms with Gasteiger partial charge in [-0.1, -0.05) is 18.2 Å². The lowest BCUT2D eigenvalue weighted by molar-refractivity contribution is 0.595. The highest BCUT2D eigenvalue weighted by Gasteiger charge is 2.24. The molecule has 0 spiro atoms. The number of sulfone groups is 1. The molecule has 0 aliphatic rings. The molecule has 17 heavy (non-hydrogen) atoms. The van der Waals surface area contributed by atoms with Gasteiger partial charge in [0.25, 0.3) is 0 Å². The van der Waals surface area contributed by atoms with Crippen molar-refractivity contribution in [3.8, 4) is 0 Å². The fourth-order valence-corrected chi connectivity index (χ4v) is 5.05. The smallest absolute Gasteiger partial charge is 0.208 e. The summed E-state index contributed by atoms with van der Waals surface area (Å²) in [5.41, 5.74) is 1.62. The van der Waals surface area contributed by atoms with E-state index in [1.807, 2.05) is 38.3 Å². The van der Waals surface area contributed by atoms with Crippen molar-refractivity contribution in [1.82, 2.24) is 0 Å². The molecule has 2 aromatic rings.